The van der Waals surface area contributed by atoms with Gasteiger partial charge in [-0.3, -0.25) is 4.79 Å². The summed E-state index contributed by atoms with van der Waals surface area (Å²) in [6, 6.07) is 12.8. The lowest BCUT2D eigenvalue weighted by molar-refractivity contribution is -0.117. The maximum absolute atomic E-state index is 12.2. The number of carbonyl (C=O) groups is 1. The van der Waals surface area contributed by atoms with Crippen molar-refractivity contribution in [3.8, 4) is 0 Å². The van der Waals surface area contributed by atoms with Crippen LogP contribution in [0, 0.1) is 12.8 Å². The molecule has 1 aliphatic rings. The Balaban J connectivity index is 1.63. The summed E-state index contributed by atoms with van der Waals surface area (Å²) in [4.78, 5) is 14.8. The van der Waals surface area contributed by atoms with Crippen molar-refractivity contribution in [3.63, 3.8) is 0 Å². The molecule has 1 aromatic heterocycles. The zero-order chi connectivity index (χ0) is 16.4. The van der Waals surface area contributed by atoms with Gasteiger partial charge < -0.3 is 4.90 Å². The summed E-state index contributed by atoms with van der Waals surface area (Å²) in [5.41, 5.74) is 0.858. The number of carbonyl (C=O) groups excluding carboxylic acids is 1. The Morgan fingerprint density at radius 2 is 1.96 bits per heavy atom. The highest BCUT2D eigenvalue weighted by atomic mass is 32.2. The minimum Gasteiger partial charge on any atom is -0.312 e. The standard InChI is InChI=1S/C16H18N2O3S2/c1-12-7-8-16(22-12)23(20,21)17-10-13-9-15(19)18(11-13)14-5-3-2-4-6-14/h2-8,13,17H,9-11H2,1H3. The van der Waals surface area contributed by atoms with Crippen molar-refractivity contribution >= 4 is 33.0 Å². The molecule has 2 aromatic rings. The van der Waals surface area contributed by atoms with Crippen molar-refractivity contribution < 1.29 is 13.2 Å². The summed E-state index contributed by atoms with van der Waals surface area (Å²) < 4.78 is 27.4. The van der Waals surface area contributed by atoms with E-state index in [4.69, 9.17) is 0 Å². The van der Waals surface area contributed by atoms with Crippen molar-refractivity contribution in [2.45, 2.75) is 17.6 Å². The molecule has 1 saturated heterocycles. The predicted molar refractivity (Wildman–Crippen MR) is 91.1 cm³/mol. The number of sulfonamides is 1. The molecule has 23 heavy (non-hydrogen) atoms. The van der Waals surface area contributed by atoms with E-state index in [-0.39, 0.29) is 18.4 Å². The Morgan fingerprint density at radius 3 is 2.61 bits per heavy atom. The molecule has 1 fully saturated rings. The topological polar surface area (TPSA) is 66.5 Å². The molecule has 1 aliphatic heterocycles. The quantitative estimate of drug-likeness (QED) is 0.900. The summed E-state index contributed by atoms with van der Waals surface area (Å²) in [7, 11) is -3.49. The lowest BCUT2D eigenvalue weighted by Crippen LogP contribution is -2.31. The molecule has 7 heteroatoms. The predicted octanol–water partition coefficient (Wildman–Crippen LogP) is 2.39. The smallest absolute Gasteiger partial charge is 0.250 e. The molecule has 1 N–H and O–H groups in total. The highest BCUT2D eigenvalue weighted by Gasteiger charge is 2.31. The van der Waals surface area contributed by atoms with Gasteiger partial charge in [0.05, 0.1) is 0 Å². The molecule has 0 bridgehead atoms. The van der Waals surface area contributed by atoms with Crippen LogP contribution >= 0.6 is 11.3 Å². The number of hydrogen-bond acceptors (Lipinski definition) is 4. The minimum absolute atomic E-state index is 0.0152. The Bertz CT molecular complexity index is 800. The molecule has 1 aromatic carbocycles. The number of para-hydroxylation sites is 1. The second-order valence-corrected chi connectivity index (χ2v) is 8.91. The second kappa shape index (κ2) is 6.43. The number of nitrogens with zero attached hydrogens (tertiary/aromatic N) is 1. The van der Waals surface area contributed by atoms with Crippen LogP contribution in [-0.4, -0.2) is 27.4 Å². The van der Waals surface area contributed by atoms with Crippen LogP contribution in [0.3, 0.4) is 0 Å². The van der Waals surface area contributed by atoms with Crippen molar-refractivity contribution in [2.75, 3.05) is 18.0 Å². The average molecular weight is 350 g/mol. The molecule has 0 aliphatic carbocycles. The maximum Gasteiger partial charge on any atom is 0.250 e. The zero-order valence-electron chi connectivity index (χ0n) is 12.7. The van der Waals surface area contributed by atoms with Gasteiger partial charge >= 0.3 is 0 Å². The van der Waals surface area contributed by atoms with Gasteiger partial charge in [0.1, 0.15) is 4.21 Å². The summed E-state index contributed by atoms with van der Waals surface area (Å²) in [5, 5.41) is 0. The highest BCUT2D eigenvalue weighted by Crippen LogP contribution is 2.25. The van der Waals surface area contributed by atoms with Gasteiger partial charge in [0, 0.05) is 30.1 Å². The second-order valence-electron chi connectivity index (χ2n) is 5.63. The fourth-order valence-electron chi connectivity index (χ4n) is 2.63. The van der Waals surface area contributed by atoms with Gasteiger partial charge in [-0.15, -0.1) is 11.3 Å². The monoisotopic (exact) mass is 350 g/mol. The lowest BCUT2D eigenvalue weighted by Gasteiger charge is -2.16. The summed E-state index contributed by atoms with van der Waals surface area (Å²) in [5.74, 6) is 0.0194. The highest BCUT2D eigenvalue weighted by molar-refractivity contribution is 7.91. The number of amides is 1. The first kappa shape index (κ1) is 16.2. The molecule has 1 unspecified atom stereocenters. The van der Waals surface area contributed by atoms with Gasteiger partial charge in [0.25, 0.3) is 0 Å². The number of aryl methyl sites for hydroxylation is 1. The lowest BCUT2D eigenvalue weighted by atomic mass is 10.1. The Labute approximate surface area is 140 Å². The Kier molecular flexibility index (Phi) is 4.52. The van der Waals surface area contributed by atoms with Crippen molar-refractivity contribution in [2.24, 2.45) is 5.92 Å². The van der Waals surface area contributed by atoms with Gasteiger partial charge in [-0.2, -0.15) is 0 Å². The van der Waals surface area contributed by atoms with E-state index in [1.165, 1.54) is 11.3 Å². The molecule has 0 radical (unpaired) electrons. The van der Waals surface area contributed by atoms with E-state index in [1.807, 2.05) is 37.3 Å². The van der Waals surface area contributed by atoms with Crippen LogP contribution < -0.4 is 9.62 Å². The molecule has 3 rings (SSSR count). The van der Waals surface area contributed by atoms with E-state index in [1.54, 1.807) is 17.0 Å². The van der Waals surface area contributed by atoms with Gasteiger partial charge in [0.15, 0.2) is 0 Å². The van der Waals surface area contributed by atoms with Crippen molar-refractivity contribution in [1.29, 1.82) is 0 Å². The third-order valence-electron chi connectivity index (χ3n) is 3.82. The number of nitrogens with one attached hydrogen (secondary N) is 1. The van der Waals surface area contributed by atoms with Crippen LogP contribution in [-0.2, 0) is 14.8 Å². The molecular formula is C16H18N2O3S2. The van der Waals surface area contributed by atoms with Crippen LogP contribution in [0.5, 0.6) is 0 Å². The summed E-state index contributed by atoms with van der Waals surface area (Å²) in [6.45, 7) is 2.68. The Hall–Kier alpha value is -1.70. The van der Waals surface area contributed by atoms with Crippen LogP contribution in [0.4, 0.5) is 5.69 Å². The fourth-order valence-corrected chi connectivity index (χ4v) is 5.08. The normalized spacial score (nSPS) is 18.6. The first-order chi connectivity index (χ1) is 11.0. The third kappa shape index (κ3) is 3.63. The number of benzene rings is 1. The first-order valence-corrected chi connectivity index (χ1v) is 9.67. The van der Waals surface area contributed by atoms with E-state index < -0.39 is 10.0 Å². The summed E-state index contributed by atoms with van der Waals surface area (Å²) in [6.07, 6.45) is 0.362. The number of anilines is 1. The van der Waals surface area contributed by atoms with Crippen LogP contribution in [0.1, 0.15) is 11.3 Å². The molecule has 1 atom stereocenters. The van der Waals surface area contributed by atoms with E-state index in [9.17, 15) is 13.2 Å². The molecular weight excluding hydrogens is 332 g/mol. The number of rotatable bonds is 5. The van der Waals surface area contributed by atoms with Gasteiger partial charge in [0.2, 0.25) is 15.9 Å². The summed E-state index contributed by atoms with van der Waals surface area (Å²) >= 11 is 1.25. The van der Waals surface area contributed by atoms with E-state index in [2.05, 4.69) is 4.72 Å². The van der Waals surface area contributed by atoms with Crippen molar-refractivity contribution in [3.05, 3.63) is 47.3 Å². The maximum atomic E-state index is 12.2. The first-order valence-electron chi connectivity index (χ1n) is 7.37. The van der Waals surface area contributed by atoms with Crippen LogP contribution in [0.15, 0.2) is 46.7 Å². The van der Waals surface area contributed by atoms with Gasteiger partial charge in [-0.05, 0) is 37.1 Å². The zero-order valence-corrected chi connectivity index (χ0v) is 14.4. The van der Waals surface area contributed by atoms with Gasteiger partial charge in [-0.25, -0.2) is 13.1 Å². The molecule has 122 valence electrons. The minimum atomic E-state index is -3.49. The largest absolute Gasteiger partial charge is 0.312 e. The van der Waals surface area contributed by atoms with E-state index >= 15 is 0 Å². The number of thiophene rings is 1. The SMILES string of the molecule is Cc1ccc(S(=O)(=O)NCC2CC(=O)N(c3ccccc3)C2)s1. The average Bonchev–Trinajstić information content (AvgIpc) is 3.13. The van der Waals surface area contributed by atoms with E-state index in [0.717, 1.165) is 10.6 Å². The van der Waals surface area contributed by atoms with Crippen LogP contribution in [0.25, 0.3) is 0 Å². The van der Waals surface area contributed by atoms with E-state index in [0.29, 0.717) is 17.2 Å². The fraction of sp³-hybridized carbons (Fsp3) is 0.312. The molecule has 0 saturated carbocycles. The molecule has 1 amide bonds. The third-order valence-corrected chi connectivity index (χ3v) is 6.73. The Morgan fingerprint density at radius 1 is 1.22 bits per heavy atom. The molecule has 5 nitrogen and oxygen atoms in total. The number of hydrogen-bond donors (Lipinski definition) is 1. The molecule has 0 spiro atoms. The van der Waals surface area contributed by atoms with Crippen LogP contribution in [0.2, 0.25) is 0 Å². The van der Waals surface area contributed by atoms with Crippen molar-refractivity contribution in [1.82, 2.24) is 4.72 Å². The van der Waals surface area contributed by atoms with Gasteiger partial charge in [-0.1, -0.05) is 18.2 Å². The molecule has 2 heterocycles.